The van der Waals surface area contributed by atoms with E-state index < -0.39 is 0 Å². The molecule has 0 fully saturated rings. The van der Waals surface area contributed by atoms with Crippen molar-refractivity contribution >= 4 is 5.69 Å². The van der Waals surface area contributed by atoms with Gasteiger partial charge in [0, 0.05) is 19.3 Å². The van der Waals surface area contributed by atoms with Crippen molar-refractivity contribution < 1.29 is 0 Å². The maximum absolute atomic E-state index is 6.04. The van der Waals surface area contributed by atoms with Crippen LogP contribution in [0.3, 0.4) is 0 Å². The summed E-state index contributed by atoms with van der Waals surface area (Å²) in [6.07, 6.45) is 3.40. The van der Waals surface area contributed by atoms with Crippen molar-refractivity contribution in [3.63, 3.8) is 0 Å². The van der Waals surface area contributed by atoms with E-state index >= 15 is 0 Å². The molecule has 0 spiro atoms. The first-order valence-electron chi connectivity index (χ1n) is 6.60. The lowest BCUT2D eigenvalue weighted by Gasteiger charge is -2.42. The molecule has 17 heavy (non-hydrogen) atoms. The third-order valence-electron chi connectivity index (χ3n) is 3.85. The molecule has 1 rings (SSSR count). The normalized spacial score (nSPS) is 14.4. The van der Waals surface area contributed by atoms with E-state index in [0.717, 1.165) is 12.8 Å². The fourth-order valence-corrected chi connectivity index (χ4v) is 2.54. The first-order valence-corrected chi connectivity index (χ1v) is 6.60. The molecule has 1 unspecified atom stereocenters. The summed E-state index contributed by atoms with van der Waals surface area (Å²) in [7, 11) is 2.17. The highest BCUT2D eigenvalue weighted by Crippen LogP contribution is 2.29. The van der Waals surface area contributed by atoms with Gasteiger partial charge in [-0.25, -0.2) is 0 Å². The number of nitrogens with zero attached hydrogens (tertiary/aromatic N) is 1. The largest absolute Gasteiger partial charge is 0.368 e. The van der Waals surface area contributed by atoms with Crippen LogP contribution in [0.25, 0.3) is 0 Å². The molecule has 0 aliphatic rings. The van der Waals surface area contributed by atoms with E-state index in [1.807, 2.05) is 0 Å². The second kappa shape index (κ2) is 6.06. The minimum Gasteiger partial charge on any atom is -0.368 e. The number of nitrogens with two attached hydrogens (primary N) is 1. The van der Waals surface area contributed by atoms with E-state index in [9.17, 15) is 0 Å². The molecule has 96 valence electrons. The van der Waals surface area contributed by atoms with Crippen molar-refractivity contribution in [3.8, 4) is 0 Å². The summed E-state index contributed by atoms with van der Waals surface area (Å²) in [5.74, 6) is 0. The van der Waals surface area contributed by atoms with Gasteiger partial charge < -0.3 is 10.6 Å². The van der Waals surface area contributed by atoms with Crippen molar-refractivity contribution in [1.82, 2.24) is 0 Å². The molecule has 0 aromatic heterocycles. The average Bonchev–Trinajstić information content (AvgIpc) is 2.35. The van der Waals surface area contributed by atoms with Crippen LogP contribution in [-0.4, -0.2) is 19.1 Å². The van der Waals surface area contributed by atoms with Gasteiger partial charge in [0.05, 0.1) is 5.54 Å². The predicted molar refractivity (Wildman–Crippen MR) is 76.6 cm³/mol. The molecule has 2 N–H and O–H groups in total. The van der Waals surface area contributed by atoms with Gasteiger partial charge in [0.1, 0.15) is 0 Å². The molecule has 1 atom stereocenters. The molecule has 1 aromatic carbocycles. The number of anilines is 1. The van der Waals surface area contributed by atoms with Crippen LogP contribution >= 0.6 is 0 Å². The van der Waals surface area contributed by atoms with Gasteiger partial charge in [0.2, 0.25) is 0 Å². The predicted octanol–water partition coefficient (Wildman–Crippen LogP) is 3.34. The van der Waals surface area contributed by atoms with Gasteiger partial charge in [-0.2, -0.15) is 0 Å². The van der Waals surface area contributed by atoms with E-state index in [1.165, 1.54) is 17.7 Å². The lowest BCUT2D eigenvalue weighted by molar-refractivity contribution is 0.366. The molecular formula is C15H26N2. The Hall–Kier alpha value is -1.02. The molecule has 0 aliphatic carbocycles. The summed E-state index contributed by atoms with van der Waals surface area (Å²) in [4.78, 5) is 2.36. The molecule has 0 bridgehead atoms. The van der Waals surface area contributed by atoms with E-state index in [0.29, 0.717) is 6.54 Å². The van der Waals surface area contributed by atoms with Crippen molar-refractivity contribution in [2.75, 3.05) is 18.5 Å². The van der Waals surface area contributed by atoms with Crippen molar-refractivity contribution in [2.24, 2.45) is 5.73 Å². The van der Waals surface area contributed by atoms with Gasteiger partial charge in [-0.1, -0.05) is 32.4 Å². The SMILES string of the molecule is CCCC(CC)(CN)N(C)c1cccc(C)c1. The van der Waals surface area contributed by atoms with E-state index in [1.54, 1.807) is 0 Å². The topological polar surface area (TPSA) is 29.3 Å². The Bertz CT molecular complexity index is 343. The lowest BCUT2D eigenvalue weighted by atomic mass is 9.88. The lowest BCUT2D eigenvalue weighted by Crippen LogP contribution is -2.52. The number of aryl methyl sites for hydroxylation is 1. The van der Waals surface area contributed by atoms with Crippen LogP contribution in [0, 0.1) is 6.92 Å². The Balaban J connectivity index is 3.02. The highest BCUT2D eigenvalue weighted by atomic mass is 15.2. The van der Waals surface area contributed by atoms with Crippen LogP contribution in [0.1, 0.15) is 38.7 Å². The molecule has 0 aliphatic heterocycles. The first kappa shape index (κ1) is 14.0. The van der Waals surface area contributed by atoms with E-state index in [2.05, 4.69) is 57.0 Å². The summed E-state index contributed by atoms with van der Waals surface area (Å²) in [5.41, 5.74) is 8.71. The van der Waals surface area contributed by atoms with Gasteiger partial charge >= 0.3 is 0 Å². The van der Waals surface area contributed by atoms with Crippen LogP contribution in [0.4, 0.5) is 5.69 Å². The molecule has 0 amide bonds. The van der Waals surface area contributed by atoms with Gasteiger partial charge in [-0.3, -0.25) is 0 Å². The fourth-order valence-electron chi connectivity index (χ4n) is 2.54. The molecule has 0 heterocycles. The van der Waals surface area contributed by atoms with Gasteiger partial charge in [-0.05, 0) is 37.5 Å². The zero-order chi connectivity index (χ0) is 12.9. The zero-order valence-electron chi connectivity index (χ0n) is 11.7. The molecule has 0 saturated heterocycles. The minimum atomic E-state index is 0.0997. The number of hydrogen-bond donors (Lipinski definition) is 1. The summed E-state index contributed by atoms with van der Waals surface area (Å²) < 4.78 is 0. The number of likely N-dealkylation sites (N-methyl/N-ethyl adjacent to an activating group) is 1. The third-order valence-corrected chi connectivity index (χ3v) is 3.85. The number of rotatable bonds is 6. The Morgan fingerprint density at radius 3 is 2.47 bits per heavy atom. The zero-order valence-corrected chi connectivity index (χ0v) is 11.7. The van der Waals surface area contributed by atoms with Crippen molar-refractivity contribution in [1.29, 1.82) is 0 Å². The smallest absolute Gasteiger partial charge is 0.0518 e. The Kier molecular flexibility index (Phi) is 5.01. The van der Waals surface area contributed by atoms with Crippen LogP contribution < -0.4 is 10.6 Å². The van der Waals surface area contributed by atoms with Gasteiger partial charge in [0.25, 0.3) is 0 Å². The van der Waals surface area contributed by atoms with Crippen LogP contribution in [0.5, 0.6) is 0 Å². The van der Waals surface area contributed by atoms with E-state index in [4.69, 9.17) is 5.73 Å². The second-order valence-electron chi connectivity index (χ2n) is 4.93. The number of hydrogen-bond acceptors (Lipinski definition) is 2. The van der Waals surface area contributed by atoms with Crippen molar-refractivity contribution in [2.45, 2.75) is 45.6 Å². The standard InChI is InChI=1S/C15H26N2/c1-5-10-15(6-2,12-16)17(4)14-9-7-8-13(3)11-14/h7-9,11H,5-6,10,12,16H2,1-4H3. The highest BCUT2D eigenvalue weighted by molar-refractivity contribution is 5.50. The molecule has 2 heteroatoms. The van der Waals surface area contributed by atoms with Crippen LogP contribution in [0.2, 0.25) is 0 Å². The molecular weight excluding hydrogens is 208 g/mol. The summed E-state index contributed by atoms with van der Waals surface area (Å²) in [5, 5.41) is 0. The molecule has 1 aromatic rings. The highest BCUT2D eigenvalue weighted by Gasteiger charge is 2.30. The Morgan fingerprint density at radius 1 is 1.29 bits per heavy atom. The van der Waals surface area contributed by atoms with Gasteiger partial charge in [0.15, 0.2) is 0 Å². The van der Waals surface area contributed by atoms with E-state index in [-0.39, 0.29) is 5.54 Å². The average molecular weight is 234 g/mol. The fraction of sp³-hybridized carbons (Fsp3) is 0.600. The molecule has 0 radical (unpaired) electrons. The van der Waals surface area contributed by atoms with Crippen LogP contribution in [0.15, 0.2) is 24.3 Å². The second-order valence-corrected chi connectivity index (χ2v) is 4.93. The summed E-state index contributed by atoms with van der Waals surface area (Å²) >= 11 is 0. The maximum Gasteiger partial charge on any atom is 0.0518 e. The Morgan fingerprint density at radius 2 is 2.00 bits per heavy atom. The minimum absolute atomic E-state index is 0.0997. The first-order chi connectivity index (χ1) is 8.09. The van der Waals surface area contributed by atoms with Gasteiger partial charge in [-0.15, -0.1) is 0 Å². The third kappa shape index (κ3) is 3.01. The summed E-state index contributed by atoms with van der Waals surface area (Å²) in [6, 6.07) is 8.65. The van der Waals surface area contributed by atoms with Crippen molar-refractivity contribution in [3.05, 3.63) is 29.8 Å². The Labute approximate surface area is 106 Å². The van der Waals surface area contributed by atoms with Crippen LogP contribution in [-0.2, 0) is 0 Å². The monoisotopic (exact) mass is 234 g/mol. The molecule has 0 saturated carbocycles. The molecule has 2 nitrogen and oxygen atoms in total. The number of benzene rings is 1. The maximum atomic E-state index is 6.04. The summed E-state index contributed by atoms with van der Waals surface area (Å²) in [6.45, 7) is 7.30. The quantitative estimate of drug-likeness (QED) is 0.818.